The number of thiazole rings is 1. The topological polar surface area (TPSA) is 40.6 Å². The molecule has 0 radical (unpaired) electrons. The molecule has 1 heterocycles. The molecule has 0 aromatic carbocycles. The number of aromatic nitrogens is 1. The van der Waals surface area contributed by atoms with Crippen molar-refractivity contribution in [3.63, 3.8) is 0 Å². The zero-order chi connectivity index (χ0) is 9.03. The van der Waals surface area contributed by atoms with Gasteiger partial charge in [0, 0.05) is 26.7 Å². The zero-order valence-corrected chi connectivity index (χ0v) is 8.05. The van der Waals surface area contributed by atoms with Gasteiger partial charge in [0.1, 0.15) is 5.69 Å². The number of ether oxygens (including phenoxy) is 3. The highest BCUT2D eigenvalue weighted by Crippen LogP contribution is 2.25. The van der Waals surface area contributed by atoms with E-state index in [2.05, 4.69) is 4.98 Å². The first-order valence-electron chi connectivity index (χ1n) is 3.33. The molecule has 0 aliphatic heterocycles. The SMILES string of the molecule is COC(OC)(OC)c1cscn1. The van der Waals surface area contributed by atoms with E-state index in [0.29, 0.717) is 5.69 Å². The lowest BCUT2D eigenvalue weighted by Crippen LogP contribution is -2.33. The molecule has 12 heavy (non-hydrogen) atoms. The molecule has 0 aliphatic carbocycles. The summed E-state index contributed by atoms with van der Waals surface area (Å²) in [5.41, 5.74) is 2.32. The molecule has 5 heteroatoms. The maximum atomic E-state index is 5.08. The number of methoxy groups -OCH3 is 3. The highest BCUT2D eigenvalue weighted by atomic mass is 32.1. The van der Waals surface area contributed by atoms with Crippen molar-refractivity contribution in [3.05, 3.63) is 16.6 Å². The van der Waals surface area contributed by atoms with Gasteiger partial charge in [0.25, 0.3) is 0 Å². The van der Waals surface area contributed by atoms with Crippen molar-refractivity contribution in [2.45, 2.75) is 5.97 Å². The number of nitrogens with zero attached hydrogens (tertiary/aromatic N) is 1. The lowest BCUT2D eigenvalue weighted by molar-refractivity contribution is -0.366. The van der Waals surface area contributed by atoms with Crippen LogP contribution in [-0.4, -0.2) is 26.3 Å². The molecule has 68 valence electrons. The Labute approximate surface area is 75.1 Å². The molecule has 0 aliphatic rings. The second kappa shape index (κ2) is 3.95. The van der Waals surface area contributed by atoms with Crippen molar-refractivity contribution in [3.8, 4) is 0 Å². The standard InChI is InChI=1S/C7H11NO3S/c1-9-7(10-2,11-3)6-4-12-5-8-6/h4-5H,1-3H3. The van der Waals surface area contributed by atoms with E-state index >= 15 is 0 Å². The predicted molar refractivity (Wildman–Crippen MR) is 44.8 cm³/mol. The van der Waals surface area contributed by atoms with E-state index in [9.17, 15) is 0 Å². The van der Waals surface area contributed by atoms with E-state index in [4.69, 9.17) is 14.2 Å². The van der Waals surface area contributed by atoms with Crippen LogP contribution >= 0.6 is 11.3 Å². The van der Waals surface area contributed by atoms with E-state index in [1.807, 2.05) is 5.38 Å². The van der Waals surface area contributed by atoms with Crippen molar-refractivity contribution < 1.29 is 14.2 Å². The summed E-state index contributed by atoms with van der Waals surface area (Å²) in [6.07, 6.45) is 0. The molecule has 4 nitrogen and oxygen atoms in total. The summed E-state index contributed by atoms with van der Waals surface area (Å²) in [5, 5.41) is 1.82. The van der Waals surface area contributed by atoms with Crippen molar-refractivity contribution in [1.29, 1.82) is 0 Å². The van der Waals surface area contributed by atoms with Gasteiger partial charge in [-0.1, -0.05) is 0 Å². The summed E-state index contributed by atoms with van der Waals surface area (Å²) in [6.45, 7) is 0. The monoisotopic (exact) mass is 189 g/mol. The van der Waals surface area contributed by atoms with Gasteiger partial charge in [-0.05, 0) is 0 Å². The van der Waals surface area contributed by atoms with Gasteiger partial charge in [-0.2, -0.15) is 0 Å². The average Bonchev–Trinajstić information content (AvgIpc) is 2.62. The Balaban J connectivity index is 2.93. The Kier molecular flexibility index (Phi) is 3.16. The Morgan fingerprint density at radius 3 is 2.17 bits per heavy atom. The van der Waals surface area contributed by atoms with Gasteiger partial charge < -0.3 is 14.2 Å². The summed E-state index contributed by atoms with van der Waals surface area (Å²) in [4.78, 5) is 4.04. The smallest absolute Gasteiger partial charge is 0.326 e. The van der Waals surface area contributed by atoms with Crippen molar-refractivity contribution in [2.75, 3.05) is 21.3 Å². The molecule has 0 amide bonds. The fraction of sp³-hybridized carbons (Fsp3) is 0.571. The number of hydrogen-bond donors (Lipinski definition) is 0. The Morgan fingerprint density at radius 1 is 1.25 bits per heavy atom. The van der Waals surface area contributed by atoms with Crippen LogP contribution in [0.15, 0.2) is 10.9 Å². The van der Waals surface area contributed by atoms with Crippen molar-refractivity contribution >= 4 is 11.3 Å². The lowest BCUT2D eigenvalue weighted by Gasteiger charge is -2.26. The Morgan fingerprint density at radius 2 is 1.83 bits per heavy atom. The predicted octanol–water partition coefficient (Wildman–Crippen LogP) is 1.19. The third-order valence-electron chi connectivity index (χ3n) is 1.55. The van der Waals surface area contributed by atoms with Crippen molar-refractivity contribution in [2.24, 2.45) is 0 Å². The largest absolute Gasteiger partial charge is 0.329 e. The van der Waals surface area contributed by atoms with E-state index < -0.39 is 5.97 Å². The summed E-state index contributed by atoms with van der Waals surface area (Å²) >= 11 is 1.46. The molecular weight excluding hydrogens is 178 g/mol. The molecule has 0 saturated heterocycles. The summed E-state index contributed by atoms with van der Waals surface area (Å²) in [7, 11) is 4.52. The molecule has 1 aromatic rings. The minimum atomic E-state index is -1.15. The highest BCUT2D eigenvalue weighted by molar-refractivity contribution is 7.07. The second-order valence-corrected chi connectivity index (χ2v) is 2.76. The lowest BCUT2D eigenvalue weighted by atomic mass is 10.4. The fourth-order valence-electron chi connectivity index (χ4n) is 0.927. The maximum Gasteiger partial charge on any atom is 0.329 e. The molecular formula is C7H11NO3S. The first kappa shape index (κ1) is 9.60. The number of hydrogen-bond acceptors (Lipinski definition) is 5. The van der Waals surface area contributed by atoms with E-state index in [0.717, 1.165) is 0 Å². The molecule has 1 rings (SSSR count). The van der Waals surface area contributed by atoms with Crippen LogP contribution < -0.4 is 0 Å². The van der Waals surface area contributed by atoms with Crippen LogP contribution in [0.25, 0.3) is 0 Å². The minimum Gasteiger partial charge on any atom is -0.326 e. The minimum absolute atomic E-state index is 0.625. The van der Waals surface area contributed by atoms with Gasteiger partial charge in [-0.25, -0.2) is 4.98 Å². The molecule has 0 bridgehead atoms. The van der Waals surface area contributed by atoms with Crippen molar-refractivity contribution in [1.82, 2.24) is 4.98 Å². The van der Waals surface area contributed by atoms with Gasteiger partial charge in [0.15, 0.2) is 0 Å². The summed E-state index contributed by atoms with van der Waals surface area (Å²) < 4.78 is 15.2. The Bertz CT molecular complexity index is 212. The second-order valence-electron chi connectivity index (χ2n) is 2.04. The molecule has 0 atom stereocenters. The molecule has 1 aromatic heterocycles. The normalized spacial score (nSPS) is 11.9. The van der Waals surface area contributed by atoms with Crippen LogP contribution in [0, 0.1) is 0 Å². The summed E-state index contributed by atoms with van der Waals surface area (Å²) in [5.74, 6) is -1.15. The fourth-order valence-corrected chi connectivity index (χ4v) is 1.50. The van der Waals surface area contributed by atoms with E-state index in [1.165, 1.54) is 32.7 Å². The van der Waals surface area contributed by atoms with E-state index in [1.54, 1.807) is 5.51 Å². The number of rotatable bonds is 4. The van der Waals surface area contributed by atoms with Crippen LogP contribution in [0.3, 0.4) is 0 Å². The van der Waals surface area contributed by atoms with Crippen LogP contribution in [0.4, 0.5) is 0 Å². The maximum absolute atomic E-state index is 5.08. The van der Waals surface area contributed by atoms with Crippen LogP contribution in [-0.2, 0) is 20.2 Å². The zero-order valence-electron chi connectivity index (χ0n) is 7.23. The van der Waals surface area contributed by atoms with Gasteiger partial charge in [0.2, 0.25) is 0 Å². The Hall–Kier alpha value is -0.490. The molecule has 0 N–H and O–H groups in total. The average molecular weight is 189 g/mol. The summed E-state index contributed by atoms with van der Waals surface area (Å²) in [6, 6.07) is 0. The van der Waals surface area contributed by atoms with Gasteiger partial charge in [-0.15, -0.1) is 11.3 Å². The third kappa shape index (κ3) is 1.49. The van der Waals surface area contributed by atoms with Gasteiger partial charge >= 0.3 is 5.97 Å². The molecule has 0 saturated carbocycles. The van der Waals surface area contributed by atoms with Crippen LogP contribution in [0.5, 0.6) is 0 Å². The molecule has 0 fully saturated rings. The quantitative estimate of drug-likeness (QED) is 0.667. The molecule has 0 spiro atoms. The highest BCUT2D eigenvalue weighted by Gasteiger charge is 2.34. The first-order chi connectivity index (χ1) is 5.79. The van der Waals surface area contributed by atoms with Gasteiger partial charge in [-0.3, -0.25) is 0 Å². The third-order valence-corrected chi connectivity index (χ3v) is 2.14. The van der Waals surface area contributed by atoms with Crippen LogP contribution in [0.1, 0.15) is 5.69 Å². The first-order valence-corrected chi connectivity index (χ1v) is 4.27. The van der Waals surface area contributed by atoms with Gasteiger partial charge in [0.05, 0.1) is 5.51 Å². The van der Waals surface area contributed by atoms with Crippen LogP contribution in [0.2, 0.25) is 0 Å². The molecule has 0 unspecified atom stereocenters. The van der Waals surface area contributed by atoms with E-state index in [-0.39, 0.29) is 0 Å².